The van der Waals surface area contributed by atoms with Crippen LogP contribution in [-0.4, -0.2) is 194 Å². The van der Waals surface area contributed by atoms with Gasteiger partial charge in [0.05, 0.1) is 33.5 Å². The largest absolute Gasteiger partial charge is 0.507 e. The summed E-state index contributed by atoms with van der Waals surface area (Å²) in [7, 11) is 66.3. The van der Waals surface area contributed by atoms with E-state index in [1.807, 2.05) is 18.2 Å². The molecule has 0 bridgehead atoms. The van der Waals surface area contributed by atoms with Gasteiger partial charge < -0.3 is 36.9 Å². The van der Waals surface area contributed by atoms with Crippen molar-refractivity contribution in [2.45, 2.75) is 7.43 Å². The molecule has 0 fully saturated rings. The highest BCUT2D eigenvalue weighted by Crippen LogP contribution is 2.33. The van der Waals surface area contributed by atoms with Gasteiger partial charge in [0.15, 0.2) is 11.4 Å². The van der Waals surface area contributed by atoms with Gasteiger partial charge in [-0.1, -0.05) is 31.7 Å². The molecule has 16 nitrogen and oxygen atoms in total. The van der Waals surface area contributed by atoms with E-state index in [0.717, 1.165) is 10.2 Å². The van der Waals surface area contributed by atoms with E-state index >= 15 is 0 Å². The zero-order chi connectivity index (χ0) is 50.7. The minimum atomic E-state index is -0.644. The second-order valence-electron chi connectivity index (χ2n) is 10.9. The summed E-state index contributed by atoms with van der Waals surface area (Å²) in [6.07, 6.45) is -1.96. The third kappa shape index (κ3) is 33.5. The molecule has 66 heavy (non-hydrogen) atoms. The number of aromatic hydroxyl groups is 2. The lowest BCUT2D eigenvalue weighted by Crippen LogP contribution is -2.42. The highest BCUT2D eigenvalue weighted by Gasteiger charge is 2.15. The molecule has 0 aliphatic heterocycles. The van der Waals surface area contributed by atoms with Crippen LogP contribution in [0.2, 0.25) is 0 Å². The summed E-state index contributed by atoms with van der Waals surface area (Å²) >= 11 is 6.18. The molecular weight excluding hydrogens is 955 g/mol. The van der Waals surface area contributed by atoms with Crippen LogP contribution in [-0.2, 0) is 0 Å². The molecule has 0 heterocycles. The number of nitro benzene ring substituents is 3. The Morgan fingerprint density at radius 3 is 1.27 bits per heavy atom. The van der Waals surface area contributed by atoms with E-state index in [2.05, 4.69) is 47.3 Å². The third-order valence-electron chi connectivity index (χ3n) is 6.31. The number of para-hydroxylation sites is 2. The van der Waals surface area contributed by atoms with Crippen molar-refractivity contribution in [2.24, 2.45) is 0 Å². The molecule has 0 aliphatic rings. The number of nitrogens with two attached hydrogens (primary N) is 3. The first-order valence-electron chi connectivity index (χ1n) is 17.0. The predicted octanol–water partition coefficient (Wildman–Crippen LogP) is -1.19. The molecule has 39 heteroatoms. The number of methoxy groups -OCH3 is 2. The van der Waals surface area contributed by atoms with E-state index in [-0.39, 0.29) is 66.6 Å². The van der Waals surface area contributed by atoms with Crippen LogP contribution < -0.4 is 26.7 Å². The Bertz CT molecular complexity index is 1880. The van der Waals surface area contributed by atoms with Crippen molar-refractivity contribution in [2.75, 3.05) is 31.4 Å². The van der Waals surface area contributed by atoms with Crippen LogP contribution in [0.3, 0.4) is 0 Å². The molecule has 31 radical (unpaired) electrons. The van der Waals surface area contributed by atoms with Crippen LogP contribution in [0.1, 0.15) is 7.43 Å². The van der Waals surface area contributed by atoms with Crippen LogP contribution in [0.15, 0.2) is 81.7 Å². The molecular formula is C27H30B21Br2N6O10. The van der Waals surface area contributed by atoms with Crippen molar-refractivity contribution in [3.8, 4) is 23.0 Å². The number of phenolic OH excluding ortho intramolecular Hbond substituents is 2. The molecule has 0 unspecified atom stereocenters. The Hall–Kier alpha value is -4.00. The Morgan fingerprint density at radius 1 is 0.606 bits per heavy atom. The smallest absolute Gasteiger partial charge is 0.295 e. The summed E-state index contributed by atoms with van der Waals surface area (Å²) in [4.78, 5) is 29.0. The van der Waals surface area contributed by atoms with Gasteiger partial charge >= 0.3 is 0 Å². The molecule has 0 saturated carbocycles. The lowest BCUT2D eigenvalue weighted by molar-refractivity contribution is -0.385. The first kappa shape index (κ1) is 73.6. The number of nitrogens with zero attached hydrogens (tertiary/aromatic N) is 3. The first-order valence-corrected chi connectivity index (χ1v) is 18.6. The number of hydrogen-bond acceptors (Lipinski definition) is 13. The number of benzene rings is 4. The van der Waals surface area contributed by atoms with Crippen LogP contribution in [0.25, 0.3) is 0 Å². The van der Waals surface area contributed by atoms with Gasteiger partial charge in [0.25, 0.3) is 17.1 Å². The van der Waals surface area contributed by atoms with Crippen LogP contribution >= 0.6 is 31.9 Å². The first-order chi connectivity index (χ1) is 29.9. The molecule has 0 aromatic heterocycles. The van der Waals surface area contributed by atoms with Crippen molar-refractivity contribution in [3.63, 3.8) is 0 Å². The molecule has 0 amide bonds. The number of nitro groups is 3. The summed E-state index contributed by atoms with van der Waals surface area (Å²) in [5.41, 5.74) is 16.2. The highest BCUT2D eigenvalue weighted by atomic mass is 79.9. The maximum absolute atomic E-state index is 10.4. The van der Waals surface area contributed by atoms with E-state index in [9.17, 15) is 30.3 Å². The zero-order valence-electron chi connectivity index (χ0n) is 35.0. The fourth-order valence-corrected chi connectivity index (χ4v) is 4.06. The predicted molar refractivity (Wildman–Crippen MR) is 298 cm³/mol. The van der Waals surface area contributed by atoms with Gasteiger partial charge in [-0.05, 0) is 62.2 Å². The molecule has 0 aliphatic carbocycles. The number of ether oxygens (including phenoxy) is 2. The third-order valence-corrected chi connectivity index (χ3v) is 7.97. The molecule has 0 spiro atoms. The number of rotatable bonds is 10. The molecule has 4 aromatic rings. The number of anilines is 3. The average molecular weight is 985 g/mol. The Kier molecular flexibility index (Phi) is 48.6. The second kappa shape index (κ2) is 43.6. The van der Waals surface area contributed by atoms with Crippen molar-refractivity contribution < 1.29 is 34.5 Å². The van der Waals surface area contributed by atoms with Crippen LogP contribution in [0, 0.1) is 30.3 Å². The van der Waals surface area contributed by atoms with Crippen molar-refractivity contribution in [3.05, 3.63) is 112 Å². The van der Waals surface area contributed by atoms with E-state index in [1.165, 1.54) is 76.8 Å². The van der Waals surface area contributed by atoms with Crippen LogP contribution in [0.5, 0.6) is 23.0 Å². The van der Waals surface area contributed by atoms with Crippen LogP contribution in [0.4, 0.5) is 34.1 Å². The number of hydrogen-bond donors (Lipinski definition) is 5. The molecule has 305 valence electrons. The molecule has 8 N–H and O–H groups in total. The van der Waals surface area contributed by atoms with Crippen molar-refractivity contribution >= 4 is 221 Å². The minimum absolute atomic E-state index is 0. The van der Waals surface area contributed by atoms with Crippen molar-refractivity contribution in [1.29, 1.82) is 0 Å². The maximum Gasteiger partial charge on any atom is 0.295 e. The monoisotopic (exact) mass is 987 g/mol. The van der Waals surface area contributed by atoms with Gasteiger partial charge in [0, 0.05) is 179 Å². The molecule has 0 saturated heterocycles. The summed E-state index contributed by atoms with van der Waals surface area (Å²) in [6, 6.07) is 17.9. The number of phenols is 2. The summed E-state index contributed by atoms with van der Waals surface area (Å²) in [5.74, 6) is 0.697. The van der Waals surface area contributed by atoms with Gasteiger partial charge in [-0.15, -0.1) is 0 Å². The average Bonchev–Trinajstić information content (AvgIpc) is 3.25. The normalized spacial score (nSPS) is 8.24. The lowest BCUT2D eigenvalue weighted by Gasteiger charge is -2.04. The Labute approximate surface area is 426 Å². The van der Waals surface area contributed by atoms with Gasteiger partial charge in [-0.25, -0.2) is 0 Å². The summed E-state index contributed by atoms with van der Waals surface area (Å²) in [6.45, 7) is 0. The van der Waals surface area contributed by atoms with E-state index in [1.54, 1.807) is 20.2 Å². The number of halogens is 2. The van der Waals surface area contributed by atoms with E-state index in [0.29, 0.717) is 11.4 Å². The quantitative estimate of drug-likeness (QED) is 0.0412. The lowest BCUT2D eigenvalue weighted by atomic mass is 8.77. The SMILES string of the molecule is C.COc1cccc(N)c1Br.COc1cccc([N+](=O)[O-])c1N.Nc1c(O)cccc1[N+](=O)[O-].O=[N+]([O-])c1cccc(O)c1Br.[B].[B]B([B])B([B])[B].[B][B].[B][B]B([B])[B]B([B])[B].[B][B][B][B]. The minimum Gasteiger partial charge on any atom is -0.507 e. The fourth-order valence-electron chi connectivity index (χ4n) is 3.23. The highest BCUT2D eigenvalue weighted by molar-refractivity contribution is 9.11. The van der Waals surface area contributed by atoms with Gasteiger partial charge in [0.2, 0.25) is 0 Å². The van der Waals surface area contributed by atoms with E-state index < -0.39 is 33.9 Å². The topological polar surface area (TPSA) is 266 Å². The van der Waals surface area contributed by atoms with Gasteiger partial charge in [-0.3, -0.25) is 30.3 Å². The molecule has 0 atom stereocenters. The zero-order valence-corrected chi connectivity index (χ0v) is 38.2. The van der Waals surface area contributed by atoms with E-state index in [4.69, 9.17) is 114 Å². The van der Waals surface area contributed by atoms with Gasteiger partial charge in [0.1, 0.15) is 27.5 Å². The molecule has 4 rings (SSSR count). The van der Waals surface area contributed by atoms with Crippen molar-refractivity contribution in [1.82, 2.24) is 0 Å². The van der Waals surface area contributed by atoms with Gasteiger partial charge in [-0.2, -0.15) is 0 Å². The summed E-state index contributed by atoms with van der Waals surface area (Å²) < 4.78 is 10.7. The summed E-state index contributed by atoms with van der Waals surface area (Å²) in [5, 5.41) is 48.7. The maximum atomic E-state index is 10.4. The number of nitrogen functional groups attached to an aromatic ring is 3. The second-order valence-corrected chi connectivity index (χ2v) is 12.5. The fraction of sp³-hybridized carbons (Fsp3) is 0.111. The Balaban J connectivity index is -0.000000160. The Morgan fingerprint density at radius 2 is 0.970 bits per heavy atom. The molecule has 4 aromatic carbocycles. The standard InChI is InChI=1S/C7H8BrNO.C7H8N2O3.C6H4BrNO3.C6H6N2O3.CH4.B8.B6.B4.B2.B/c1-10-6-4-2-3-5(9)7(6)8;1-12-6-4-2-3-5(7(6)8)9(10)11;2*7-6-4(8(10)11)2-1-3-5(6)9;;1-5-8(4)6-7(2)3;1-5(2)6(3)4;1-3-4-2;1-2;/h2-4H,9H2,1H3;2-4H,8H2,1H3;1-3,9H;1-3,9H,7H2;1H4;;;;;.